The van der Waals surface area contributed by atoms with Crippen molar-refractivity contribution in [2.75, 3.05) is 11.1 Å². The average Bonchev–Trinajstić information content (AvgIpc) is 2.81. The maximum absolute atomic E-state index is 9.00. The summed E-state index contributed by atoms with van der Waals surface area (Å²) in [6, 6.07) is 24.2. The Hall–Kier alpha value is -4.88. The summed E-state index contributed by atoms with van der Waals surface area (Å²) in [5.74, 6) is 1.56. The van der Waals surface area contributed by atoms with Crippen LogP contribution in [0.2, 0.25) is 0 Å². The Labute approximate surface area is 191 Å². The lowest BCUT2D eigenvalue weighted by Crippen LogP contribution is -2.03. The number of anilines is 3. The number of nitrogens with zero attached hydrogens (tertiary/aromatic N) is 4. The molecule has 0 amide bonds. The number of rotatable bonds is 5. The van der Waals surface area contributed by atoms with E-state index in [0.717, 1.165) is 27.9 Å². The zero-order chi connectivity index (χ0) is 23.4. The number of aryl methyl sites for hydroxylation is 2. The molecule has 3 aromatic carbocycles. The van der Waals surface area contributed by atoms with Crippen molar-refractivity contribution in [1.29, 1.82) is 10.5 Å². The van der Waals surface area contributed by atoms with Gasteiger partial charge in [-0.1, -0.05) is 12.1 Å². The summed E-state index contributed by atoms with van der Waals surface area (Å²) >= 11 is 0. The van der Waals surface area contributed by atoms with E-state index < -0.39 is 0 Å². The first-order chi connectivity index (χ1) is 15.9. The lowest BCUT2D eigenvalue weighted by Gasteiger charge is -2.14. The van der Waals surface area contributed by atoms with Gasteiger partial charge in [-0.3, -0.25) is 0 Å². The molecule has 0 radical (unpaired) electrons. The number of hydrogen-bond donors (Lipinski definition) is 2. The normalized spacial score (nSPS) is 10.2. The summed E-state index contributed by atoms with van der Waals surface area (Å²) < 4.78 is 6.11. The quantitative estimate of drug-likeness (QED) is 0.420. The van der Waals surface area contributed by atoms with Gasteiger partial charge in [0.1, 0.15) is 11.6 Å². The van der Waals surface area contributed by atoms with Crippen LogP contribution in [0, 0.1) is 36.5 Å². The van der Waals surface area contributed by atoms with Gasteiger partial charge in [-0.2, -0.15) is 20.5 Å². The fourth-order valence-corrected chi connectivity index (χ4v) is 3.43. The van der Waals surface area contributed by atoms with Gasteiger partial charge in [0.05, 0.1) is 23.3 Å². The Morgan fingerprint density at radius 3 is 1.94 bits per heavy atom. The van der Waals surface area contributed by atoms with Gasteiger partial charge in [0.2, 0.25) is 11.8 Å². The summed E-state index contributed by atoms with van der Waals surface area (Å²) in [5.41, 5.74) is 11.8. The second-order valence-electron chi connectivity index (χ2n) is 7.50. The largest absolute Gasteiger partial charge is 0.438 e. The van der Waals surface area contributed by atoms with Crippen LogP contribution in [-0.2, 0) is 0 Å². The fourth-order valence-electron chi connectivity index (χ4n) is 3.43. The predicted octanol–water partition coefficient (Wildman–Crippen LogP) is 5.62. The van der Waals surface area contributed by atoms with Crippen molar-refractivity contribution >= 4 is 17.5 Å². The number of benzene rings is 3. The standard InChI is InChI=1S/C26H20N6O/c1-16-11-21(20-7-3-18(14-27)4-8-20)12-17(2)25(16)33-24-13-23(29)31-26(32-24)30-22-9-5-19(15-28)6-10-22/h3-13H,1-2H3,(H3,29,30,31,32). The summed E-state index contributed by atoms with van der Waals surface area (Å²) in [7, 11) is 0. The Morgan fingerprint density at radius 1 is 0.788 bits per heavy atom. The van der Waals surface area contributed by atoms with Crippen LogP contribution in [0.15, 0.2) is 66.7 Å². The average molecular weight is 432 g/mol. The number of ether oxygens (including phenoxy) is 1. The molecule has 0 saturated carbocycles. The molecule has 3 N–H and O–H groups in total. The number of nitriles is 2. The molecule has 7 heteroatoms. The maximum atomic E-state index is 9.00. The van der Waals surface area contributed by atoms with Gasteiger partial charge in [-0.15, -0.1) is 0 Å². The molecular formula is C26H20N6O. The molecule has 0 atom stereocenters. The monoisotopic (exact) mass is 432 g/mol. The number of hydrogen-bond acceptors (Lipinski definition) is 7. The SMILES string of the molecule is Cc1cc(-c2ccc(C#N)cc2)cc(C)c1Oc1cc(N)nc(Nc2ccc(C#N)cc2)n1. The Balaban J connectivity index is 1.59. The van der Waals surface area contributed by atoms with Crippen molar-refractivity contribution in [1.82, 2.24) is 9.97 Å². The third-order valence-electron chi connectivity index (χ3n) is 5.01. The van der Waals surface area contributed by atoms with E-state index in [-0.39, 0.29) is 5.82 Å². The third kappa shape index (κ3) is 4.90. The van der Waals surface area contributed by atoms with E-state index >= 15 is 0 Å². The lowest BCUT2D eigenvalue weighted by atomic mass is 9.99. The number of aromatic nitrogens is 2. The van der Waals surface area contributed by atoms with Gasteiger partial charge in [0.25, 0.3) is 0 Å². The Kier molecular flexibility index (Phi) is 5.88. The maximum Gasteiger partial charge on any atom is 0.232 e. The molecule has 4 rings (SSSR count). The van der Waals surface area contributed by atoms with Crippen LogP contribution in [0.4, 0.5) is 17.5 Å². The van der Waals surface area contributed by atoms with E-state index in [1.165, 1.54) is 0 Å². The highest BCUT2D eigenvalue weighted by atomic mass is 16.5. The lowest BCUT2D eigenvalue weighted by molar-refractivity contribution is 0.456. The smallest absolute Gasteiger partial charge is 0.232 e. The van der Waals surface area contributed by atoms with E-state index in [2.05, 4.69) is 27.4 Å². The number of nitrogens with one attached hydrogen (secondary N) is 1. The van der Waals surface area contributed by atoms with Crippen LogP contribution < -0.4 is 15.8 Å². The Morgan fingerprint density at radius 2 is 1.36 bits per heavy atom. The summed E-state index contributed by atoms with van der Waals surface area (Å²) in [6.45, 7) is 3.94. The van der Waals surface area contributed by atoms with Gasteiger partial charge in [-0.25, -0.2) is 0 Å². The van der Waals surface area contributed by atoms with Crippen LogP contribution in [-0.4, -0.2) is 9.97 Å². The summed E-state index contributed by atoms with van der Waals surface area (Å²) in [6.07, 6.45) is 0. The summed E-state index contributed by atoms with van der Waals surface area (Å²) in [4.78, 5) is 8.64. The second-order valence-corrected chi connectivity index (χ2v) is 7.50. The van der Waals surface area contributed by atoms with Crippen LogP contribution >= 0.6 is 0 Å². The molecule has 0 bridgehead atoms. The molecule has 0 aliphatic rings. The second kappa shape index (κ2) is 9.09. The van der Waals surface area contributed by atoms with Crippen molar-refractivity contribution in [3.8, 4) is 34.9 Å². The molecule has 7 nitrogen and oxygen atoms in total. The molecule has 0 aliphatic carbocycles. The highest BCUT2D eigenvalue weighted by Crippen LogP contribution is 2.33. The zero-order valence-electron chi connectivity index (χ0n) is 18.1. The van der Waals surface area contributed by atoms with Gasteiger partial charge in [-0.05, 0) is 84.6 Å². The zero-order valence-corrected chi connectivity index (χ0v) is 18.1. The van der Waals surface area contributed by atoms with Gasteiger partial charge in [0, 0.05) is 11.8 Å². The van der Waals surface area contributed by atoms with Crippen LogP contribution in [0.25, 0.3) is 11.1 Å². The van der Waals surface area contributed by atoms with Crippen molar-refractivity contribution in [3.05, 3.63) is 89.0 Å². The van der Waals surface area contributed by atoms with Crippen molar-refractivity contribution in [2.24, 2.45) is 0 Å². The van der Waals surface area contributed by atoms with Crippen LogP contribution in [0.5, 0.6) is 11.6 Å². The molecule has 1 heterocycles. The topological polar surface area (TPSA) is 121 Å². The minimum absolute atomic E-state index is 0.264. The van der Waals surface area contributed by atoms with Crippen LogP contribution in [0.1, 0.15) is 22.3 Å². The van der Waals surface area contributed by atoms with Crippen molar-refractivity contribution < 1.29 is 4.74 Å². The van der Waals surface area contributed by atoms with E-state index in [1.54, 1.807) is 42.5 Å². The van der Waals surface area contributed by atoms with Gasteiger partial charge in [0.15, 0.2) is 0 Å². The molecule has 160 valence electrons. The molecule has 1 aromatic heterocycles. The molecule has 0 saturated heterocycles. The molecular weight excluding hydrogens is 412 g/mol. The van der Waals surface area contributed by atoms with E-state index in [4.69, 9.17) is 21.0 Å². The van der Waals surface area contributed by atoms with E-state index in [0.29, 0.717) is 28.7 Å². The van der Waals surface area contributed by atoms with Crippen molar-refractivity contribution in [3.63, 3.8) is 0 Å². The van der Waals surface area contributed by atoms with E-state index in [1.807, 2.05) is 38.1 Å². The highest BCUT2D eigenvalue weighted by molar-refractivity contribution is 5.68. The molecule has 33 heavy (non-hydrogen) atoms. The highest BCUT2D eigenvalue weighted by Gasteiger charge is 2.12. The molecule has 4 aromatic rings. The Bertz CT molecular complexity index is 1370. The van der Waals surface area contributed by atoms with Gasteiger partial charge >= 0.3 is 0 Å². The first-order valence-electron chi connectivity index (χ1n) is 10.2. The summed E-state index contributed by atoms with van der Waals surface area (Å²) in [5, 5.41) is 21.0. The number of nitrogen functional groups attached to an aromatic ring is 1. The molecule has 0 fully saturated rings. The van der Waals surface area contributed by atoms with Gasteiger partial charge < -0.3 is 15.8 Å². The molecule has 0 spiro atoms. The minimum atomic E-state index is 0.264. The third-order valence-corrected chi connectivity index (χ3v) is 5.01. The first kappa shape index (κ1) is 21.4. The van der Waals surface area contributed by atoms with Crippen LogP contribution in [0.3, 0.4) is 0 Å². The minimum Gasteiger partial charge on any atom is -0.438 e. The van der Waals surface area contributed by atoms with E-state index in [9.17, 15) is 0 Å². The molecule has 0 aliphatic heterocycles. The fraction of sp³-hybridized carbons (Fsp3) is 0.0769. The first-order valence-corrected chi connectivity index (χ1v) is 10.2. The number of nitrogens with two attached hydrogens (primary N) is 1. The van der Waals surface area contributed by atoms with Crippen molar-refractivity contribution in [2.45, 2.75) is 13.8 Å². The molecule has 0 unspecified atom stereocenters. The predicted molar refractivity (Wildman–Crippen MR) is 127 cm³/mol.